The van der Waals surface area contributed by atoms with Gasteiger partial charge in [0.05, 0.1) is 17.0 Å². The predicted molar refractivity (Wildman–Crippen MR) is 99.2 cm³/mol. The number of fused-ring (bicyclic) bond motifs is 1. The maximum atomic E-state index is 12.2. The van der Waals surface area contributed by atoms with Gasteiger partial charge in [-0.15, -0.1) is 22.7 Å². The molecule has 4 rings (SSSR count). The fraction of sp³-hybridized carbons (Fsp3) is 0.389. The molecule has 1 N–H and O–H groups in total. The van der Waals surface area contributed by atoms with Crippen LogP contribution in [-0.4, -0.2) is 22.4 Å². The number of rotatable bonds is 6. The zero-order valence-corrected chi connectivity index (χ0v) is 15.4. The molecule has 0 aliphatic heterocycles. The molecule has 7 heteroatoms. The molecule has 5 nitrogen and oxygen atoms in total. The maximum Gasteiger partial charge on any atom is 0.270 e. The van der Waals surface area contributed by atoms with Crippen molar-refractivity contribution in [2.24, 2.45) is 0 Å². The highest BCUT2D eigenvalue weighted by atomic mass is 32.1. The number of nitrogens with one attached hydrogen (secondary N) is 1. The third-order valence-corrected chi connectivity index (χ3v) is 6.29. The van der Waals surface area contributed by atoms with Crippen molar-refractivity contribution in [3.05, 3.63) is 45.0 Å². The SMILES string of the molecule is O=C(NCCCc1nc2c(s1)CCCC2)c1csc(-c2ccco2)n1. The van der Waals surface area contributed by atoms with Crippen LogP contribution in [0.4, 0.5) is 0 Å². The first-order chi connectivity index (χ1) is 12.3. The van der Waals surface area contributed by atoms with Gasteiger partial charge in [-0.05, 0) is 44.2 Å². The number of furan rings is 1. The Hall–Kier alpha value is -1.99. The summed E-state index contributed by atoms with van der Waals surface area (Å²) in [5, 5.41) is 6.64. The molecule has 0 fully saturated rings. The van der Waals surface area contributed by atoms with E-state index in [2.05, 4.69) is 10.3 Å². The van der Waals surface area contributed by atoms with Crippen molar-refractivity contribution in [3.8, 4) is 10.8 Å². The van der Waals surface area contributed by atoms with Crippen molar-refractivity contribution >= 4 is 28.6 Å². The Morgan fingerprint density at radius 1 is 1.28 bits per heavy atom. The lowest BCUT2D eigenvalue weighted by Crippen LogP contribution is -2.25. The van der Waals surface area contributed by atoms with Crippen LogP contribution in [0.5, 0.6) is 0 Å². The van der Waals surface area contributed by atoms with Crippen LogP contribution in [0, 0.1) is 0 Å². The highest BCUT2D eigenvalue weighted by molar-refractivity contribution is 7.13. The summed E-state index contributed by atoms with van der Waals surface area (Å²) < 4.78 is 5.31. The number of hydrogen-bond acceptors (Lipinski definition) is 6. The Bertz CT molecular complexity index is 828. The fourth-order valence-electron chi connectivity index (χ4n) is 2.94. The van der Waals surface area contributed by atoms with Gasteiger partial charge in [-0.3, -0.25) is 4.79 Å². The lowest BCUT2D eigenvalue weighted by molar-refractivity contribution is 0.0949. The van der Waals surface area contributed by atoms with E-state index in [1.807, 2.05) is 23.5 Å². The fourth-order valence-corrected chi connectivity index (χ4v) is 4.90. The van der Waals surface area contributed by atoms with E-state index in [-0.39, 0.29) is 5.91 Å². The first-order valence-corrected chi connectivity index (χ1v) is 10.2. The molecule has 0 saturated carbocycles. The van der Waals surface area contributed by atoms with Crippen molar-refractivity contribution < 1.29 is 9.21 Å². The van der Waals surface area contributed by atoms with Crippen LogP contribution in [0.3, 0.4) is 0 Å². The molecule has 0 aromatic carbocycles. The third kappa shape index (κ3) is 3.82. The van der Waals surface area contributed by atoms with E-state index in [4.69, 9.17) is 9.40 Å². The predicted octanol–water partition coefficient (Wildman–Crippen LogP) is 4.10. The molecule has 3 heterocycles. The number of nitrogens with zero attached hydrogens (tertiary/aromatic N) is 2. The highest BCUT2D eigenvalue weighted by Gasteiger charge is 2.15. The van der Waals surface area contributed by atoms with Gasteiger partial charge in [-0.25, -0.2) is 9.97 Å². The van der Waals surface area contributed by atoms with E-state index in [1.165, 1.54) is 46.2 Å². The number of aromatic nitrogens is 2. The quantitative estimate of drug-likeness (QED) is 0.661. The average Bonchev–Trinajstić information content (AvgIpc) is 3.37. The zero-order chi connectivity index (χ0) is 17.1. The topological polar surface area (TPSA) is 68.0 Å². The van der Waals surface area contributed by atoms with E-state index in [0.29, 0.717) is 18.0 Å². The third-order valence-electron chi connectivity index (χ3n) is 4.21. The number of aryl methyl sites for hydroxylation is 3. The van der Waals surface area contributed by atoms with Crippen LogP contribution in [0.1, 0.15) is 45.3 Å². The van der Waals surface area contributed by atoms with Crippen LogP contribution >= 0.6 is 22.7 Å². The second-order valence-corrected chi connectivity index (χ2v) is 8.09. The lowest BCUT2D eigenvalue weighted by Gasteiger charge is -2.06. The van der Waals surface area contributed by atoms with E-state index in [9.17, 15) is 4.79 Å². The number of thiazole rings is 2. The summed E-state index contributed by atoms with van der Waals surface area (Å²) in [6.07, 6.45) is 8.29. The maximum absolute atomic E-state index is 12.2. The smallest absolute Gasteiger partial charge is 0.270 e. The van der Waals surface area contributed by atoms with Gasteiger partial charge >= 0.3 is 0 Å². The lowest BCUT2D eigenvalue weighted by atomic mass is 10.0. The standard InChI is InChI=1S/C18H19N3O2S2/c22-17(13-11-24-18(21-13)14-6-4-10-23-14)19-9-3-8-16-20-12-5-1-2-7-15(12)25-16/h4,6,10-11H,1-3,5,7-9H2,(H,19,22). The van der Waals surface area contributed by atoms with Crippen molar-refractivity contribution in [3.63, 3.8) is 0 Å². The van der Waals surface area contributed by atoms with E-state index in [0.717, 1.165) is 24.3 Å². The van der Waals surface area contributed by atoms with Crippen molar-refractivity contribution in [1.82, 2.24) is 15.3 Å². The molecule has 3 aromatic heterocycles. The monoisotopic (exact) mass is 373 g/mol. The van der Waals surface area contributed by atoms with Crippen molar-refractivity contribution in [1.29, 1.82) is 0 Å². The Kier molecular flexibility index (Phi) is 4.94. The Morgan fingerprint density at radius 2 is 2.20 bits per heavy atom. The van der Waals surface area contributed by atoms with Crippen LogP contribution < -0.4 is 5.32 Å². The molecule has 0 bridgehead atoms. The van der Waals surface area contributed by atoms with Crippen LogP contribution in [-0.2, 0) is 19.3 Å². The van der Waals surface area contributed by atoms with Gasteiger partial charge in [-0.1, -0.05) is 0 Å². The van der Waals surface area contributed by atoms with E-state index in [1.54, 1.807) is 11.6 Å². The van der Waals surface area contributed by atoms with Gasteiger partial charge in [0.1, 0.15) is 5.69 Å². The minimum absolute atomic E-state index is 0.132. The minimum atomic E-state index is -0.132. The summed E-state index contributed by atoms with van der Waals surface area (Å²) in [6, 6.07) is 3.65. The normalized spacial score (nSPS) is 13.6. The molecule has 25 heavy (non-hydrogen) atoms. The summed E-state index contributed by atoms with van der Waals surface area (Å²) in [6.45, 7) is 0.636. The van der Waals surface area contributed by atoms with Gasteiger partial charge in [0.25, 0.3) is 5.91 Å². The Labute approximate surface area is 154 Å². The first-order valence-electron chi connectivity index (χ1n) is 8.54. The molecule has 1 amide bonds. The molecule has 1 aliphatic rings. The molecule has 1 aliphatic carbocycles. The van der Waals surface area contributed by atoms with Crippen molar-refractivity contribution in [2.75, 3.05) is 6.54 Å². The number of hydrogen-bond donors (Lipinski definition) is 1. The molecular weight excluding hydrogens is 354 g/mol. The summed E-state index contributed by atoms with van der Waals surface area (Å²) in [5.41, 5.74) is 1.75. The molecule has 0 spiro atoms. The number of carbonyl (C=O) groups is 1. The Balaban J connectivity index is 1.26. The van der Waals surface area contributed by atoms with Crippen LogP contribution in [0.2, 0.25) is 0 Å². The minimum Gasteiger partial charge on any atom is -0.462 e. The summed E-state index contributed by atoms with van der Waals surface area (Å²) >= 11 is 3.26. The molecule has 0 saturated heterocycles. The van der Waals surface area contributed by atoms with Gasteiger partial charge in [0, 0.05) is 23.2 Å². The van der Waals surface area contributed by atoms with Crippen molar-refractivity contribution in [2.45, 2.75) is 38.5 Å². The first kappa shape index (κ1) is 16.5. The van der Waals surface area contributed by atoms with Gasteiger partial charge < -0.3 is 9.73 Å². The summed E-state index contributed by atoms with van der Waals surface area (Å²) in [7, 11) is 0. The number of amides is 1. The molecule has 0 unspecified atom stereocenters. The molecular formula is C18H19N3O2S2. The molecule has 0 atom stereocenters. The highest BCUT2D eigenvalue weighted by Crippen LogP contribution is 2.27. The van der Waals surface area contributed by atoms with E-state index >= 15 is 0 Å². The molecule has 3 aromatic rings. The van der Waals surface area contributed by atoms with Crippen LogP contribution in [0.15, 0.2) is 28.2 Å². The van der Waals surface area contributed by atoms with Gasteiger partial charge in [-0.2, -0.15) is 0 Å². The Morgan fingerprint density at radius 3 is 3.04 bits per heavy atom. The molecule has 0 radical (unpaired) electrons. The molecule has 130 valence electrons. The zero-order valence-electron chi connectivity index (χ0n) is 13.8. The van der Waals surface area contributed by atoms with Crippen LogP contribution in [0.25, 0.3) is 10.8 Å². The summed E-state index contributed by atoms with van der Waals surface area (Å²) in [4.78, 5) is 22.7. The second kappa shape index (κ2) is 7.49. The van der Waals surface area contributed by atoms with E-state index < -0.39 is 0 Å². The number of carbonyl (C=O) groups excluding carboxylic acids is 1. The summed E-state index contributed by atoms with van der Waals surface area (Å²) in [5.74, 6) is 0.560. The van der Waals surface area contributed by atoms with Gasteiger partial charge in [0.15, 0.2) is 10.8 Å². The average molecular weight is 374 g/mol. The largest absolute Gasteiger partial charge is 0.462 e. The van der Waals surface area contributed by atoms with Gasteiger partial charge in [0.2, 0.25) is 0 Å². The second-order valence-electron chi connectivity index (χ2n) is 6.06.